The highest BCUT2D eigenvalue weighted by Crippen LogP contribution is 2.35. The lowest BCUT2D eigenvalue weighted by molar-refractivity contribution is 0.235. The van der Waals surface area contributed by atoms with E-state index in [1.54, 1.807) is 14.2 Å². The van der Waals surface area contributed by atoms with Gasteiger partial charge >= 0.3 is 0 Å². The maximum absolute atomic E-state index is 5.92. The van der Waals surface area contributed by atoms with Crippen molar-refractivity contribution in [2.45, 2.75) is 44.3 Å². The van der Waals surface area contributed by atoms with Crippen molar-refractivity contribution in [2.24, 2.45) is 12.8 Å². The number of ether oxygens (including phenoxy) is 2. The van der Waals surface area contributed by atoms with E-state index < -0.39 is 0 Å². The van der Waals surface area contributed by atoms with Crippen molar-refractivity contribution in [1.82, 2.24) is 19.7 Å². The first kappa shape index (κ1) is 17.3. The monoisotopic (exact) mass is 357 g/mol. The van der Waals surface area contributed by atoms with Gasteiger partial charge in [-0.25, -0.2) is 0 Å². The van der Waals surface area contributed by atoms with E-state index in [1.807, 2.05) is 0 Å². The Hall–Kier alpha value is -2.12. The second-order valence-electron chi connectivity index (χ2n) is 7.40. The molecule has 0 spiro atoms. The van der Waals surface area contributed by atoms with Crippen LogP contribution in [0.25, 0.3) is 0 Å². The van der Waals surface area contributed by atoms with Crippen LogP contribution >= 0.6 is 0 Å². The molecular weight excluding hydrogens is 330 g/mol. The van der Waals surface area contributed by atoms with Gasteiger partial charge in [0.2, 0.25) is 0 Å². The van der Waals surface area contributed by atoms with E-state index in [9.17, 15) is 0 Å². The second-order valence-corrected chi connectivity index (χ2v) is 7.40. The number of nitrogens with two attached hydrogens (primary N) is 1. The summed E-state index contributed by atoms with van der Waals surface area (Å²) < 4.78 is 13.0. The maximum Gasteiger partial charge on any atom is 0.161 e. The fraction of sp³-hybridized carbons (Fsp3) is 0.579. The SMILES string of the molecule is COc1cc2c(cc1OC)CN(Cc1nnc(C3CC(N)C3)n1C)CC2. The Morgan fingerprint density at radius 3 is 2.46 bits per heavy atom. The number of nitrogens with zero attached hydrogens (tertiary/aromatic N) is 4. The molecule has 2 heterocycles. The van der Waals surface area contributed by atoms with Gasteiger partial charge in [0.05, 0.1) is 20.8 Å². The highest BCUT2D eigenvalue weighted by Gasteiger charge is 2.32. The number of fused-ring (bicyclic) bond motifs is 1. The predicted octanol–water partition coefficient (Wildman–Crippen LogP) is 1.60. The minimum absolute atomic E-state index is 0.325. The van der Waals surface area contributed by atoms with Gasteiger partial charge in [-0.1, -0.05) is 0 Å². The van der Waals surface area contributed by atoms with E-state index in [0.717, 1.165) is 62.0 Å². The molecule has 0 unspecified atom stereocenters. The molecular formula is C19H27N5O2. The fourth-order valence-corrected chi connectivity index (χ4v) is 4.02. The molecule has 7 nitrogen and oxygen atoms in total. The zero-order valence-electron chi connectivity index (χ0n) is 15.7. The van der Waals surface area contributed by atoms with Gasteiger partial charge in [-0.05, 0) is 42.5 Å². The van der Waals surface area contributed by atoms with Crippen LogP contribution in [0.4, 0.5) is 0 Å². The highest BCUT2D eigenvalue weighted by molar-refractivity contribution is 5.48. The summed E-state index contributed by atoms with van der Waals surface area (Å²) in [6.45, 7) is 2.68. The van der Waals surface area contributed by atoms with Crippen molar-refractivity contribution < 1.29 is 9.47 Å². The number of rotatable bonds is 5. The molecule has 140 valence electrons. The number of aromatic nitrogens is 3. The average molecular weight is 357 g/mol. The van der Waals surface area contributed by atoms with Crippen LogP contribution in [0.15, 0.2) is 12.1 Å². The molecule has 1 saturated carbocycles. The Morgan fingerprint density at radius 2 is 1.81 bits per heavy atom. The summed E-state index contributed by atoms with van der Waals surface area (Å²) in [7, 11) is 5.43. The zero-order valence-corrected chi connectivity index (χ0v) is 15.7. The van der Waals surface area contributed by atoms with Crippen molar-refractivity contribution in [3.8, 4) is 11.5 Å². The summed E-state index contributed by atoms with van der Waals surface area (Å²) in [6.07, 6.45) is 3.03. The number of hydrogen-bond donors (Lipinski definition) is 1. The molecule has 1 aliphatic heterocycles. The Labute approximate surface area is 154 Å². The molecule has 0 radical (unpaired) electrons. The third kappa shape index (κ3) is 3.05. The first-order valence-corrected chi connectivity index (χ1v) is 9.19. The van der Waals surface area contributed by atoms with E-state index in [2.05, 4.69) is 38.8 Å². The van der Waals surface area contributed by atoms with Gasteiger partial charge in [-0.15, -0.1) is 10.2 Å². The number of benzene rings is 1. The van der Waals surface area contributed by atoms with E-state index in [4.69, 9.17) is 15.2 Å². The Balaban J connectivity index is 1.48. The van der Waals surface area contributed by atoms with Crippen LogP contribution in [-0.2, 0) is 26.6 Å². The van der Waals surface area contributed by atoms with Crippen LogP contribution in [-0.4, -0.2) is 46.5 Å². The molecule has 0 bridgehead atoms. The Morgan fingerprint density at radius 1 is 1.12 bits per heavy atom. The second kappa shape index (κ2) is 6.89. The molecule has 4 rings (SSSR count). The topological polar surface area (TPSA) is 78.4 Å². The Bertz CT molecular complexity index is 797. The van der Waals surface area contributed by atoms with Gasteiger partial charge in [0.25, 0.3) is 0 Å². The van der Waals surface area contributed by atoms with E-state index in [-0.39, 0.29) is 0 Å². The molecule has 26 heavy (non-hydrogen) atoms. The molecule has 1 aliphatic carbocycles. The molecule has 7 heteroatoms. The van der Waals surface area contributed by atoms with Gasteiger partial charge in [-0.2, -0.15) is 0 Å². The summed E-state index contributed by atoms with van der Waals surface area (Å²) in [5.41, 5.74) is 8.54. The summed E-state index contributed by atoms with van der Waals surface area (Å²) in [5.74, 6) is 4.15. The molecule has 0 atom stereocenters. The van der Waals surface area contributed by atoms with Gasteiger partial charge in [0.15, 0.2) is 11.5 Å². The van der Waals surface area contributed by atoms with Gasteiger partial charge in [0.1, 0.15) is 11.6 Å². The lowest BCUT2D eigenvalue weighted by Crippen LogP contribution is -2.36. The van der Waals surface area contributed by atoms with Crippen molar-refractivity contribution in [1.29, 1.82) is 0 Å². The van der Waals surface area contributed by atoms with Gasteiger partial charge in [-0.3, -0.25) is 4.90 Å². The fourth-order valence-electron chi connectivity index (χ4n) is 4.02. The third-order valence-corrected chi connectivity index (χ3v) is 5.70. The molecule has 1 aromatic heterocycles. The van der Waals surface area contributed by atoms with E-state index in [1.165, 1.54) is 11.1 Å². The summed E-state index contributed by atoms with van der Waals surface area (Å²) in [5, 5.41) is 8.87. The summed E-state index contributed by atoms with van der Waals surface area (Å²) in [6, 6.07) is 4.52. The predicted molar refractivity (Wildman–Crippen MR) is 98.3 cm³/mol. The van der Waals surface area contributed by atoms with E-state index in [0.29, 0.717) is 12.0 Å². The lowest BCUT2D eigenvalue weighted by atomic mass is 9.80. The Kier molecular flexibility index (Phi) is 4.58. The van der Waals surface area contributed by atoms with E-state index >= 15 is 0 Å². The summed E-state index contributed by atoms with van der Waals surface area (Å²) in [4.78, 5) is 2.41. The molecule has 0 saturated heterocycles. The van der Waals surface area contributed by atoms with Crippen molar-refractivity contribution in [3.05, 3.63) is 34.9 Å². The molecule has 1 fully saturated rings. The molecule has 2 N–H and O–H groups in total. The average Bonchev–Trinajstić information content (AvgIpc) is 2.98. The van der Waals surface area contributed by atoms with Gasteiger partial charge < -0.3 is 19.8 Å². The molecule has 2 aliphatic rings. The zero-order chi connectivity index (χ0) is 18.3. The third-order valence-electron chi connectivity index (χ3n) is 5.70. The standard InChI is InChI=1S/C19H27N5O2/c1-23-18(21-22-19(23)13-6-15(20)7-13)11-24-5-4-12-8-16(25-2)17(26-3)9-14(12)10-24/h8-9,13,15H,4-7,10-11,20H2,1-3H3. The van der Waals surface area contributed by atoms with Crippen LogP contribution in [0.5, 0.6) is 11.5 Å². The van der Waals surface area contributed by atoms with Crippen molar-refractivity contribution >= 4 is 0 Å². The summed E-state index contributed by atoms with van der Waals surface area (Å²) >= 11 is 0. The van der Waals surface area contributed by atoms with Crippen LogP contribution in [0.3, 0.4) is 0 Å². The van der Waals surface area contributed by atoms with Gasteiger partial charge in [0, 0.05) is 32.1 Å². The van der Waals surface area contributed by atoms with Crippen molar-refractivity contribution in [3.63, 3.8) is 0 Å². The van der Waals surface area contributed by atoms with Crippen molar-refractivity contribution in [2.75, 3.05) is 20.8 Å². The van der Waals surface area contributed by atoms with Crippen LogP contribution in [0.2, 0.25) is 0 Å². The number of hydrogen-bond acceptors (Lipinski definition) is 6. The smallest absolute Gasteiger partial charge is 0.161 e. The van der Waals surface area contributed by atoms with Crippen LogP contribution in [0.1, 0.15) is 41.5 Å². The van der Waals surface area contributed by atoms with Crippen LogP contribution < -0.4 is 15.2 Å². The first-order valence-electron chi connectivity index (χ1n) is 9.19. The largest absolute Gasteiger partial charge is 0.493 e. The highest BCUT2D eigenvalue weighted by atomic mass is 16.5. The number of methoxy groups -OCH3 is 2. The quantitative estimate of drug-likeness (QED) is 0.876. The molecule has 2 aromatic rings. The molecule has 1 aromatic carbocycles. The normalized spacial score (nSPS) is 22.6. The lowest BCUT2D eigenvalue weighted by Gasteiger charge is -2.31. The first-order chi connectivity index (χ1) is 12.6. The maximum atomic E-state index is 5.92. The van der Waals surface area contributed by atoms with Crippen LogP contribution in [0, 0.1) is 0 Å². The minimum atomic E-state index is 0.325. The minimum Gasteiger partial charge on any atom is -0.493 e. The molecule has 0 amide bonds.